The lowest BCUT2D eigenvalue weighted by molar-refractivity contribution is 0.0983. The van der Waals surface area contributed by atoms with Crippen LogP contribution in [0.15, 0.2) is 11.4 Å². The Morgan fingerprint density at radius 1 is 1.62 bits per heavy atom. The monoisotopic (exact) mass is 197 g/mol. The number of aryl methyl sites for hydroxylation is 1. The largest absolute Gasteiger partial charge is 0.320 e. The molecule has 3 heteroatoms. The Balaban J connectivity index is 2.45. The minimum absolute atomic E-state index is 0.280. The number of Topliss-reactive ketones (excluding diaryl/α,β-unsaturated/α-hetero) is 1. The summed E-state index contributed by atoms with van der Waals surface area (Å²) in [5.41, 5.74) is 1.11. The van der Waals surface area contributed by atoms with Crippen molar-refractivity contribution in [1.82, 2.24) is 5.32 Å². The topological polar surface area (TPSA) is 29.1 Å². The molecule has 0 amide bonds. The van der Waals surface area contributed by atoms with Gasteiger partial charge in [0.25, 0.3) is 0 Å². The van der Waals surface area contributed by atoms with E-state index in [9.17, 15) is 4.79 Å². The van der Waals surface area contributed by atoms with E-state index >= 15 is 0 Å². The summed E-state index contributed by atoms with van der Waals surface area (Å²) in [5.74, 6) is 0.280. The molecule has 1 aromatic rings. The number of carbonyl (C=O) groups excluding carboxylic acids is 1. The van der Waals surface area contributed by atoms with Crippen LogP contribution >= 0.6 is 11.3 Å². The Labute approximate surface area is 83.0 Å². The second-order valence-corrected chi connectivity index (χ2v) is 3.98. The van der Waals surface area contributed by atoms with Crippen molar-refractivity contribution >= 4 is 17.1 Å². The van der Waals surface area contributed by atoms with Crippen LogP contribution in [-0.2, 0) is 0 Å². The molecule has 0 fully saturated rings. The molecule has 72 valence electrons. The quantitative estimate of drug-likeness (QED) is 0.579. The first-order chi connectivity index (χ1) is 6.25. The molecule has 2 nitrogen and oxygen atoms in total. The van der Waals surface area contributed by atoms with Crippen molar-refractivity contribution in [3.05, 3.63) is 21.9 Å². The molecule has 0 bridgehead atoms. The maximum absolute atomic E-state index is 11.6. The lowest BCUT2D eigenvalue weighted by Crippen LogP contribution is -2.09. The van der Waals surface area contributed by atoms with Gasteiger partial charge in [0, 0.05) is 6.42 Å². The van der Waals surface area contributed by atoms with Crippen LogP contribution in [-0.4, -0.2) is 19.4 Å². The number of thiophene rings is 1. The molecule has 1 N–H and O–H groups in total. The molecule has 0 unspecified atom stereocenters. The van der Waals surface area contributed by atoms with E-state index in [-0.39, 0.29) is 5.78 Å². The summed E-state index contributed by atoms with van der Waals surface area (Å²) in [4.78, 5) is 12.5. The van der Waals surface area contributed by atoms with Crippen molar-refractivity contribution in [3.8, 4) is 0 Å². The third-order valence-corrected chi connectivity index (χ3v) is 3.00. The Kier molecular flexibility index (Phi) is 4.12. The third-order valence-electron chi connectivity index (χ3n) is 1.95. The summed E-state index contributed by atoms with van der Waals surface area (Å²) in [6.07, 6.45) is 1.58. The minimum atomic E-state index is 0.280. The lowest BCUT2D eigenvalue weighted by Gasteiger charge is -1.99. The summed E-state index contributed by atoms with van der Waals surface area (Å²) in [6, 6.07) is 2.00. The summed E-state index contributed by atoms with van der Waals surface area (Å²) >= 11 is 1.55. The summed E-state index contributed by atoms with van der Waals surface area (Å²) in [6.45, 7) is 2.90. The zero-order valence-electron chi connectivity index (χ0n) is 8.09. The SMILES string of the molecule is CNCCCC(=O)c1sccc1C. The fourth-order valence-electron chi connectivity index (χ4n) is 1.20. The third kappa shape index (κ3) is 2.94. The minimum Gasteiger partial charge on any atom is -0.320 e. The molecule has 0 atom stereocenters. The van der Waals surface area contributed by atoms with Crippen molar-refractivity contribution in [1.29, 1.82) is 0 Å². The Bertz CT molecular complexity index is 280. The van der Waals surface area contributed by atoms with Gasteiger partial charge in [0.15, 0.2) is 5.78 Å². The highest BCUT2D eigenvalue weighted by Crippen LogP contribution is 2.17. The van der Waals surface area contributed by atoms with Gasteiger partial charge >= 0.3 is 0 Å². The number of rotatable bonds is 5. The maximum Gasteiger partial charge on any atom is 0.173 e. The molecule has 0 aliphatic rings. The van der Waals surface area contributed by atoms with Gasteiger partial charge in [0.05, 0.1) is 4.88 Å². The van der Waals surface area contributed by atoms with Gasteiger partial charge in [0.1, 0.15) is 0 Å². The molecule has 0 saturated heterocycles. The van der Waals surface area contributed by atoms with Gasteiger partial charge in [-0.2, -0.15) is 0 Å². The average molecular weight is 197 g/mol. The fraction of sp³-hybridized carbons (Fsp3) is 0.500. The van der Waals surface area contributed by atoms with E-state index in [1.54, 1.807) is 11.3 Å². The van der Waals surface area contributed by atoms with Crippen molar-refractivity contribution in [3.63, 3.8) is 0 Å². The Morgan fingerprint density at radius 3 is 2.92 bits per heavy atom. The van der Waals surface area contributed by atoms with Crippen LogP contribution in [0.5, 0.6) is 0 Å². The second-order valence-electron chi connectivity index (χ2n) is 3.06. The van der Waals surface area contributed by atoms with E-state index in [2.05, 4.69) is 5.32 Å². The summed E-state index contributed by atoms with van der Waals surface area (Å²) in [7, 11) is 1.90. The zero-order valence-corrected chi connectivity index (χ0v) is 8.91. The highest BCUT2D eigenvalue weighted by atomic mass is 32.1. The zero-order chi connectivity index (χ0) is 9.68. The molecule has 1 aromatic heterocycles. The van der Waals surface area contributed by atoms with E-state index in [0.717, 1.165) is 23.4 Å². The maximum atomic E-state index is 11.6. The first kappa shape index (κ1) is 10.4. The van der Waals surface area contributed by atoms with E-state index in [1.165, 1.54) is 0 Å². The smallest absolute Gasteiger partial charge is 0.173 e. The molecular formula is C10H15NOS. The number of hydrogen-bond donors (Lipinski definition) is 1. The number of hydrogen-bond acceptors (Lipinski definition) is 3. The standard InChI is InChI=1S/C10H15NOS/c1-8-5-7-13-10(8)9(12)4-3-6-11-2/h5,7,11H,3-4,6H2,1-2H3. The lowest BCUT2D eigenvalue weighted by atomic mass is 10.1. The highest BCUT2D eigenvalue weighted by molar-refractivity contribution is 7.12. The van der Waals surface area contributed by atoms with Crippen LogP contribution in [0.2, 0.25) is 0 Å². The summed E-state index contributed by atoms with van der Waals surface area (Å²) < 4.78 is 0. The van der Waals surface area contributed by atoms with Crippen LogP contribution in [0.4, 0.5) is 0 Å². The van der Waals surface area contributed by atoms with Gasteiger partial charge in [-0.25, -0.2) is 0 Å². The first-order valence-corrected chi connectivity index (χ1v) is 5.35. The van der Waals surface area contributed by atoms with Crippen LogP contribution in [0.25, 0.3) is 0 Å². The Morgan fingerprint density at radius 2 is 2.38 bits per heavy atom. The molecule has 1 heterocycles. The van der Waals surface area contributed by atoms with Crippen molar-refractivity contribution in [2.24, 2.45) is 0 Å². The van der Waals surface area contributed by atoms with E-state index in [0.29, 0.717) is 6.42 Å². The van der Waals surface area contributed by atoms with Gasteiger partial charge in [-0.15, -0.1) is 11.3 Å². The molecular weight excluding hydrogens is 182 g/mol. The van der Waals surface area contributed by atoms with Crippen molar-refractivity contribution in [2.45, 2.75) is 19.8 Å². The molecule has 1 rings (SSSR count). The second kappa shape index (κ2) is 5.14. The normalized spacial score (nSPS) is 10.3. The van der Waals surface area contributed by atoms with Crippen LogP contribution in [0.1, 0.15) is 28.1 Å². The van der Waals surface area contributed by atoms with E-state index in [1.807, 2.05) is 25.4 Å². The van der Waals surface area contributed by atoms with Crippen molar-refractivity contribution < 1.29 is 4.79 Å². The van der Waals surface area contributed by atoms with E-state index in [4.69, 9.17) is 0 Å². The van der Waals surface area contributed by atoms with Gasteiger partial charge in [-0.1, -0.05) is 0 Å². The molecule has 0 aromatic carbocycles. The predicted octanol–water partition coefficient (Wildman–Crippen LogP) is 2.24. The molecule has 0 saturated carbocycles. The van der Waals surface area contributed by atoms with Crippen LogP contribution < -0.4 is 5.32 Å². The molecule has 0 radical (unpaired) electrons. The number of carbonyl (C=O) groups is 1. The first-order valence-electron chi connectivity index (χ1n) is 4.47. The van der Waals surface area contributed by atoms with Gasteiger partial charge in [-0.3, -0.25) is 4.79 Å². The van der Waals surface area contributed by atoms with Crippen LogP contribution in [0, 0.1) is 6.92 Å². The fourth-order valence-corrected chi connectivity index (χ4v) is 2.09. The number of ketones is 1. The van der Waals surface area contributed by atoms with Gasteiger partial charge in [-0.05, 0) is 43.9 Å². The van der Waals surface area contributed by atoms with Gasteiger partial charge < -0.3 is 5.32 Å². The van der Waals surface area contributed by atoms with E-state index < -0.39 is 0 Å². The Hall–Kier alpha value is -0.670. The molecule has 0 aliphatic carbocycles. The summed E-state index contributed by atoms with van der Waals surface area (Å²) in [5, 5.41) is 5.01. The molecule has 13 heavy (non-hydrogen) atoms. The number of nitrogens with one attached hydrogen (secondary N) is 1. The van der Waals surface area contributed by atoms with Crippen molar-refractivity contribution in [2.75, 3.05) is 13.6 Å². The average Bonchev–Trinajstić information content (AvgIpc) is 2.52. The highest BCUT2D eigenvalue weighted by Gasteiger charge is 2.09. The van der Waals surface area contributed by atoms with Gasteiger partial charge in [0.2, 0.25) is 0 Å². The van der Waals surface area contributed by atoms with Crippen LogP contribution in [0.3, 0.4) is 0 Å². The molecule has 0 aliphatic heterocycles. The predicted molar refractivity (Wildman–Crippen MR) is 56.5 cm³/mol. The molecule has 0 spiro atoms.